The summed E-state index contributed by atoms with van der Waals surface area (Å²) in [4.78, 5) is 0. The van der Waals surface area contributed by atoms with Crippen molar-refractivity contribution in [3.63, 3.8) is 0 Å². The average Bonchev–Trinajstić information content (AvgIpc) is 1.91. The van der Waals surface area contributed by atoms with E-state index in [1.54, 1.807) is 11.3 Å². The highest BCUT2D eigenvalue weighted by Gasteiger charge is 1.86. The molecule has 0 nitrogen and oxygen atoms in total. The maximum atomic E-state index is 5.46. The highest BCUT2D eigenvalue weighted by molar-refractivity contribution is 7.18. The van der Waals surface area contributed by atoms with E-state index >= 15 is 0 Å². The van der Waals surface area contributed by atoms with Gasteiger partial charge in [-0.1, -0.05) is 0 Å². The van der Waals surface area contributed by atoms with Crippen molar-refractivity contribution in [1.29, 1.82) is 0 Å². The van der Waals surface area contributed by atoms with Gasteiger partial charge in [0, 0.05) is 0 Å². The number of thiophene rings is 1. The molecule has 0 fully saturated rings. The quantitative estimate of drug-likeness (QED) is 0.432. The molecule has 2 heteroatoms. The second-order valence-electron chi connectivity index (χ2n) is 1.47. The van der Waals surface area contributed by atoms with Gasteiger partial charge in [0.15, 0.2) is 0 Å². The van der Waals surface area contributed by atoms with Crippen LogP contribution >= 0.6 is 11.3 Å². The Morgan fingerprint density at radius 2 is 2.43 bits per heavy atom. The molecule has 0 spiro atoms. The van der Waals surface area contributed by atoms with Gasteiger partial charge < -0.3 is 0 Å². The van der Waals surface area contributed by atoms with Crippen LogP contribution in [-0.4, -0.2) is 7.85 Å². The van der Waals surface area contributed by atoms with Crippen LogP contribution in [0.25, 0.3) is 0 Å². The first kappa shape index (κ1) is 4.91. The minimum absolute atomic E-state index is 0.931. The van der Waals surface area contributed by atoms with Crippen molar-refractivity contribution in [2.24, 2.45) is 0 Å². The van der Waals surface area contributed by atoms with Crippen LogP contribution < -0.4 is 4.78 Å². The number of hydrogen-bond donors (Lipinski definition) is 0. The molecule has 1 heterocycles. The SMILES string of the molecule is [B]c1sccc1C. The number of hydrogen-bond acceptors (Lipinski definition) is 1. The second-order valence-corrected chi connectivity index (χ2v) is 2.42. The van der Waals surface area contributed by atoms with Gasteiger partial charge in [0.05, 0.1) is 0 Å². The van der Waals surface area contributed by atoms with Gasteiger partial charge in [0.25, 0.3) is 0 Å². The van der Waals surface area contributed by atoms with Crippen molar-refractivity contribution in [2.75, 3.05) is 0 Å². The lowest BCUT2D eigenvalue weighted by Crippen LogP contribution is -1.96. The summed E-state index contributed by atoms with van der Waals surface area (Å²) in [6.45, 7) is 2.01. The monoisotopic (exact) mass is 108 g/mol. The largest absolute Gasteiger partial charge is 0.160 e. The minimum Gasteiger partial charge on any atom is -0.160 e. The van der Waals surface area contributed by atoms with Gasteiger partial charge in [-0.2, -0.15) is 11.3 Å². The maximum absolute atomic E-state index is 5.46. The molecular formula is C5H5BS. The molecule has 0 N–H and O–H groups in total. The molecule has 0 aliphatic carbocycles. The molecule has 0 amide bonds. The van der Waals surface area contributed by atoms with E-state index in [4.69, 9.17) is 7.85 Å². The van der Waals surface area contributed by atoms with Gasteiger partial charge in [0.2, 0.25) is 0 Å². The van der Waals surface area contributed by atoms with Gasteiger partial charge in [-0.3, -0.25) is 0 Å². The summed E-state index contributed by atoms with van der Waals surface area (Å²) < 4.78 is 0.931. The molecule has 0 saturated heterocycles. The van der Waals surface area contributed by atoms with E-state index < -0.39 is 0 Å². The summed E-state index contributed by atoms with van der Waals surface area (Å²) in [6, 6.07) is 2.01. The zero-order valence-electron chi connectivity index (χ0n) is 4.14. The minimum atomic E-state index is 0.931. The lowest BCUT2D eigenvalue weighted by atomic mass is 10.0. The predicted octanol–water partition coefficient (Wildman–Crippen LogP) is 0.850. The van der Waals surface area contributed by atoms with E-state index in [-0.39, 0.29) is 0 Å². The van der Waals surface area contributed by atoms with Crippen molar-refractivity contribution < 1.29 is 0 Å². The molecule has 0 bridgehead atoms. The Bertz CT molecular complexity index is 140. The van der Waals surface area contributed by atoms with Crippen LogP contribution in [0.1, 0.15) is 5.56 Å². The molecule has 1 rings (SSSR count). The molecule has 2 radical (unpaired) electrons. The molecule has 0 unspecified atom stereocenters. The van der Waals surface area contributed by atoms with Crippen molar-refractivity contribution in [3.8, 4) is 0 Å². The molecule has 7 heavy (non-hydrogen) atoms. The van der Waals surface area contributed by atoms with Gasteiger partial charge >= 0.3 is 0 Å². The average molecular weight is 108 g/mol. The lowest BCUT2D eigenvalue weighted by molar-refractivity contribution is 1.59. The summed E-state index contributed by atoms with van der Waals surface area (Å²) in [6.07, 6.45) is 0. The van der Waals surface area contributed by atoms with E-state index in [9.17, 15) is 0 Å². The highest BCUT2D eigenvalue weighted by atomic mass is 32.1. The van der Waals surface area contributed by atoms with Crippen molar-refractivity contribution in [2.45, 2.75) is 6.92 Å². The van der Waals surface area contributed by atoms with Crippen LogP contribution in [0.4, 0.5) is 0 Å². The molecule has 1 aromatic heterocycles. The fourth-order valence-corrected chi connectivity index (χ4v) is 1.06. The summed E-state index contributed by atoms with van der Waals surface area (Å²) >= 11 is 1.58. The topological polar surface area (TPSA) is 0 Å². The van der Waals surface area contributed by atoms with E-state index in [1.807, 2.05) is 18.4 Å². The smallest absolute Gasteiger partial charge is 0.129 e. The Balaban J connectivity index is 3.12. The van der Waals surface area contributed by atoms with Gasteiger partial charge in [0.1, 0.15) is 7.85 Å². The van der Waals surface area contributed by atoms with Crippen LogP contribution in [-0.2, 0) is 0 Å². The summed E-state index contributed by atoms with van der Waals surface area (Å²) in [5.41, 5.74) is 1.19. The Hall–Kier alpha value is -0.235. The number of rotatable bonds is 0. The normalized spacial score (nSPS) is 9.29. The Labute approximate surface area is 48.6 Å². The third-order valence-corrected chi connectivity index (χ3v) is 1.75. The predicted molar refractivity (Wildman–Crippen MR) is 34.4 cm³/mol. The standard InChI is InChI=1S/C5H5BS/c1-4-2-3-7-5(4)6/h2-3H,1H3. The number of aryl methyl sites for hydroxylation is 1. The van der Waals surface area contributed by atoms with Crippen molar-refractivity contribution in [1.82, 2.24) is 0 Å². The van der Waals surface area contributed by atoms with Crippen LogP contribution in [0, 0.1) is 6.92 Å². The molecule has 34 valence electrons. The zero-order chi connectivity index (χ0) is 5.28. The first-order valence-electron chi connectivity index (χ1n) is 2.10. The van der Waals surface area contributed by atoms with Crippen LogP contribution in [0.2, 0.25) is 0 Å². The van der Waals surface area contributed by atoms with Crippen molar-refractivity contribution >= 4 is 24.0 Å². The van der Waals surface area contributed by atoms with Gasteiger partial charge in [-0.15, -0.1) is 0 Å². The Kier molecular flexibility index (Phi) is 1.20. The third kappa shape index (κ3) is 0.857. The van der Waals surface area contributed by atoms with Crippen LogP contribution in [0.3, 0.4) is 0 Å². The highest BCUT2D eigenvalue weighted by Crippen LogP contribution is 1.97. The van der Waals surface area contributed by atoms with E-state index in [2.05, 4.69) is 0 Å². The van der Waals surface area contributed by atoms with E-state index in [0.717, 1.165) is 4.78 Å². The first-order valence-corrected chi connectivity index (χ1v) is 2.98. The van der Waals surface area contributed by atoms with Crippen LogP contribution in [0.5, 0.6) is 0 Å². The van der Waals surface area contributed by atoms with E-state index in [1.165, 1.54) is 5.56 Å². The summed E-state index contributed by atoms with van der Waals surface area (Å²) in [5.74, 6) is 0. The maximum Gasteiger partial charge on any atom is 0.129 e. The summed E-state index contributed by atoms with van der Waals surface area (Å²) in [7, 11) is 5.46. The molecule has 0 aliphatic rings. The molecular weight excluding hydrogens is 103 g/mol. The zero-order valence-corrected chi connectivity index (χ0v) is 4.96. The van der Waals surface area contributed by atoms with Crippen LogP contribution in [0.15, 0.2) is 11.4 Å². The van der Waals surface area contributed by atoms with Gasteiger partial charge in [-0.05, 0) is 28.7 Å². The lowest BCUT2D eigenvalue weighted by Gasteiger charge is -1.80. The second kappa shape index (κ2) is 1.70. The Morgan fingerprint density at radius 1 is 1.71 bits per heavy atom. The summed E-state index contributed by atoms with van der Waals surface area (Å²) in [5, 5.41) is 1.99. The fourth-order valence-electron chi connectivity index (χ4n) is 0.384. The van der Waals surface area contributed by atoms with E-state index in [0.29, 0.717) is 0 Å². The molecule has 0 saturated carbocycles. The molecule has 0 aromatic carbocycles. The molecule has 0 atom stereocenters. The first-order chi connectivity index (χ1) is 3.30. The Morgan fingerprint density at radius 3 is 2.57 bits per heavy atom. The molecule has 0 aliphatic heterocycles. The fraction of sp³-hybridized carbons (Fsp3) is 0.200. The van der Waals surface area contributed by atoms with Crippen molar-refractivity contribution in [3.05, 3.63) is 17.0 Å². The third-order valence-electron chi connectivity index (χ3n) is 0.902. The van der Waals surface area contributed by atoms with Gasteiger partial charge in [-0.25, -0.2) is 0 Å². The molecule has 1 aromatic rings.